The van der Waals surface area contributed by atoms with Crippen LogP contribution >= 0.6 is 0 Å². The number of aldehydes is 1. The molecule has 0 bridgehead atoms. The van der Waals surface area contributed by atoms with E-state index >= 15 is 0 Å². The number of carbonyl (C=O) groups is 2. The van der Waals surface area contributed by atoms with E-state index in [0.717, 1.165) is 18.2 Å². The van der Waals surface area contributed by atoms with Crippen LogP contribution in [0.5, 0.6) is 0 Å². The van der Waals surface area contributed by atoms with Crippen molar-refractivity contribution in [3.63, 3.8) is 0 Å². The molecule has 0 amide bonds. The number of hydrogen-bond acceptors (Lipinski definition) is 9. The van der Waals surface area contributed by atoms with Gasteiger partial charge in [0.15, 0.2) is 6.29 Å². The Morgan fingerprint density at radius 1 is 1.04 bits per heavy atom. The van der Waals surface area contributed by atoms with Gasteiger partial charge in [0.25, 0.3) is 17.8 Å². The van der Waals surface area contributed by atoms with E-state index in [1.807, 2.05) is 0 Å². The lowest BCUT2D eigenvalue weighted by molar-refractivity contribution is -0.394. The van der Waals surface area contributed by atoms with Gasteiger partial charge >= 0.3 is 0 Å². The van der Waals surface area contributed by atoms with Gasteiger partial charge in [-0.2, -0.15) is 0 Å². The van der Waals surface area contributed by atoms with Crippen LogP contribution < -0.4 is 0 Å². The summed E-state index contributed by atoms with van der Waals surface area (Å²) in [6.07, 6.45) is 0.162. The van der Waals surface area contributed by atoms with Gasteiger partial charge in [-0.3, -0.25) is 29.8 Å². The molecule has 1 aromatic rings. The lowest BCUT2D eigenvalue weighted by atomic mass is 10.2. The maximum Gasteiger partial charge on any atom is 0.293 e. The van der Waals surface area contributed by atoms with Gasteiger partial charge in [0.05, 0.1) is 22.5 Å². The lowest BCUT2D eigenvalue weighted by Gasteiger charge is -2.11. The lowest BCUT2D eigenvalue weighted by Crippen LogP contribution is -2.23. The van der Waals surface area contributed by atoms with Gasteiger partial charge in [-0.05, 0) is 0 Å². The molecule has 1 atom stereocenters. The summed E-state index contributed by atoms with van der Waals surface area (Å²) in [5, 5.41) is 20.6. The minimum Gasteiger partial charge on any atom is -0.465 e. The Bertz CT molecular complexity index is 544. The molecule has 0 aromatic heterocycles. The number of ether oxygens (including phenoxy) is 3. The molecule has 1 aromatic carbocycles. The van der Waals surface area contributed by atoms with Crippen molar-refractivity contribution in [1.29, 1.82) is 0 Å². The van der Waals surface area contributed by atoms with Gasteiger partial charge in [-0.25, -0.2) is 0 Å². The number of nitrogens with zero attached hydrogens (tertiary/aromatic N) is 2. The van der Waals surface area contributed by atoms with Crippen molar-refractivity contribution in [3.05, 3.63) is 44.0 Å². The van der Waals surface area contributed by atoms with Crippen molar-refractivity contribution in [2.24, 2.45) is 0 Å². The highest BCUT2D eigenvalue weighted by Gasteiger charge is 2.15. The standard InChI is InChI=1S/C7H4N2O5.C6H12O4/c10-4-5-1-6(8(11)12)3-7(2-5)9(13)14;1-8-3-6(9-2)4-10-5-7/h1-4H;5-6H,3-4H2,1-2H3. The Balaban J connectivity index is 0.000000470. The second kappa shape index (κ2) is 11.6. The molecule has 11 nitrogen and oxygen atoms in total. The fourth-order valence-electron chi connectivity index (χ4n) is 1.41. The Labute approximate surface area is 136 Å². The van der Waals surface area contributed by atoms with E-state index in [1.54, 1.807) is 7.11 Å². The molecule has 0 aliphatic carbocycles. The van der Waals surface area contributed by atoms with Crippen molar-refractivity contribution in [2.75, 3.05) is 27.4 Å². The Kier molecular flexibility index (Phi) is 10.2. The second-order valence-electron chi connectivity index (χ2n) is 4.16. The van der Waals surface area contributed by atoms with E-state index in [1.165, 1.54) is 7.11 Å². The molecule has 24 heavy (non-hydrogen) atoms. The summed E-state index contributed by atoms with van der Waals surface area (Å²) in [6.45, 7) is 1.07. The third kappa shape index (κ3) is 7.91. The smallest absolute Gasteiger partial charge is 0.293 e. The molecule has 0 N–H and O–H groups in total. The van der Waals surface area contributed by atoms with Crippen LogP contribution in [0, 0.1) is 20.2 Å². The maximum absolute atomic E-state index is 10.3. The van der Waals surface area contributed by atoms with Crippen LogP contribution in [0.25, 0.3) is 0 Å². The van der Waals surface area contributed by atoms with E-state index in [0.29, 0.717) is 19.4 Å². The highest BCUT2D eigenvalue weighted by atomic mass is 16.6. The van der Waals surface area contributed by atoms with Crippen LogP contribution in [-0.4, -0.2) is 56.1 Å². The third-order valence-electron chi connectivity index (χ3n) is 2.52. The molecule has 0 radical (unpaired) electrons. The number of rotatable bonds is 9. The molecule has 0 saturated heterocycles. The molecule has 0 aliphatic heterocycles. The van der Waals surface area contributed by atoms with E-state index in [2.05, 4.69) is 4.74 Å². The first-order valence-electron chi connectivity index (χ1n) is 6.35. The molecule has 0 fully saturated rings. The Morgan fingerprint density at radius 3 is 1.92 bits per heavy atom. The van der Waals surface area contributed by atoms with Crippen LogP contribution in [0.1, 0.15) is 10.4 Å². The fourth-order valence-corrected chi connectivity index (χ4v) is 1.41. The van der Waals surface area contributed by atoms with E-state index in [4.69, 9.17) is 9.47 Å². The molecular formula is C13H16N2O9. The van der Waals surface area contributed by atoms with Crippen molar-refractivity contribution in [1.82, 2.24) is 0 Å². The minimum absolute atomic E-state index is 0.0918. The molecule has 0 aliphatic rings. The van der Waals surface area contributed by atoms with Gasteiger partial charge in [0.1, 0.15) is 12.7 Å². The van der Waals surface area contributed by atoms with Crippen molar-refractivity contribution in [2.45, 2.75) is 6.10 Å². The van der Waals surface area contributed by atoms with Crippen LogP contribution in [0.4, 0.5) is 11.4 Å². The van der Waals surface area contributed by atoms with Crippen LogP contribution in [0.15, 0.2) is 18.2 Å². The first-order chi connectivity index (χ1) is 11.4. The topological polar surface area (TPSA) is 148 Å². The van der Waals surface area contributed by atoms with Crippen molar-refractivity contribution in [3.8, 4) is 0 Å². The summed E-state index contributed by atoms with van der Waals surface area (Å²) in [7, 11) is 3.10. The van der Waals surface area contributed by atoms with E-state index in [-0.39, 0.29) is 18.3 Å². The van der Waals surface area contributed by atoms with Gasteiger partial charge in [0, 0.05) is 31.9 Å². The normalized spacial score (nSPS) is 10.8. The predicted octanol–water partition coefficient (Wildman–Crippen LogP) is 1.14. The van der Waals surface area contributed by atoms with Gasteiger partial charge in [-0.15, -0.1) is 0 Å². The first-order valence-corrected chi connectivity index (χ1v) is 6.35. The molecule has 0 spiro atoms. The first kappa shape index (κ1) is 21.1. The number of benzene rings is 1. The number of hydrogen-bond donors (Lipinski definition) is 0. The fraction of sp³-hybridized carbons (Fsp3) is 0.385. The summed E-state index contributed by atoms with van der Waals surface area (Å²) in [5.41, 5.74) is -1.03. The Hall–Kier alpha value is -2.92. The summed E-state index contributed by atoms with van der Waals surface area (Å²) in [5.74, 6) is 0. The average molecular weight is 344 g/mol. The number of non-ortho nitro benzene ring substituents is 2. The monoisotopic (exact) mass is 344 g/mol. The van der Waals surface area contributed by atoms with Gasteiger partial charge < -0.3 is 14.2 Å². The zero-order valence-corrected chi connectivity index (χ0v) is 12.9. The zero-order valence-electron chi connectivity index (χ0n) is 12.9. The molecule has 132 valence electrons. The molecule has 1 unspecified atom stereocenters. The summed E-state index contributed by atoms with van der Waals surface area (Å²) in [6, 6.07) is 2.74. The molecular weight excluding hydrogens is 328 g/mol. The third-order valence-corrected chi connectivity index (χ3v) is 2.52. The predicted molar refractivity (Wildman–Crippen MR) is 79.8 cm³/mol. The molecule has 11 heteroatoms. The number of carbonyl (C=O) groups excluding carboxylic acids is 2. The highest BCUT2D eigenvalue weighted by molar-refractivity contribution is 5.77. The van der Waals surface area contributed by atoms with Crippen molar-refractivity contribution < 1.29 is 33.6 Å². The van der Waals surface area contributed by atoms with E-state index in [9.17, 15) is 29.8 Å². The minimum atomic E-state index is -0.792. The summed E-state index contributed by atoms with van der Waals surface area (Å²) in [4.78, 5) is 39.1. The quantitative estimate of drug-likeness (QED) is 0.365. The summed E-state index contributed by atoms with van der Waals surface area (Å²) >= 11 is 0. The van der Waals surface area contributed by atoms with Crippen LogP contribution in [-0.2, 0) is 19.0 Å². The SMILES string of the molecule is COCC(COC=O)OC.O=Cc1cc([N+](=O)[O-])cc([N+](=O)[O-])c1. The maximum atomic E-state index is 10.3. The second-order valence-corrected chi connectivity index (χ2v) is 4.16. The number of methoxy groups -OCH3 is 2. The van der Waals surface area contributed by atoms with Crippen molar-refractivity contribution >= 4 is 24.1 Å². The zero-order chi connectivity index (χ0) is 18.5. The number of nitro groups is 2. The summed E-state index contributed by atoms with van der Waals surface area (Å²) < 4.78 is 14.1. The van der Waals surface area contributed by atoms with Crippen LogP contribution in [0.3, 0.4) is 0 Å². The van der Waals surface area contributed by atoms with E-state index < -0.39 is 21.2 Å². The number of nitro benzene ring substituents is 2. The van der Waals surface area contributed by atoms with Gasteiger partial charge in [-0.1, -0.05) is 0 Å². The molecule has 0 saturated carbocycles. The van der Waals surface area contributed by atoms with Crippen LogP contribution in [0.2, 0.25) is 0 Å². The largest absolute Gasteiger partial charge is 0.465 e. The molecule has 0 heterocycles. The van der Waals surface area contributed by atoms with Gasteiger partial charge in [0.2, 0.25) is 0 Å². The average Bonchev–Trinajstić information content (AvgIpc) is 2.58. The molecule has 1 rings (SSSR count). The highest BCUT2D eigenvalue weighted by Crippen LogP contribution is 2.21. The Morgan fingerprint density at radius 2 is 1.58 bits per heavy atom.